The highest BCUT2D eigenvalue weighted by molar-refractivity contribution is 5.85. The summed E-state index contributed by atoms with van der Waals surface area (Å²) < 4.78 is 11.3. The fraction of sp³-hybridized carbons (Fsp3) is 0.333. The number of rotatable bonds is 9. The molecule has 0 unspecified atom stereocenters. The van der Waals surface area contributed by atoms with Gasteiger partial charge in [0, 0.05) is 6.54 Å². The number of halogens is 1. The molecule has 0 spiro atoms. The Hall–Kier alpha value is -1.71. The second-order valence-corrected chi connectivity index (χ2v) is 4.93. The lowest BCUT2D eigenvalue weighted by atomic mass is 10.2. The smallest absolute Gasteiger partial charge is 0.119 e. The van der Waals surface area contributed by atoms with E-state index in [2.05, 4.69) is 18.3 Å². The average Bonchev–Trinajstić information content (AvgIpc) is 2.51. The predicted octanol–water partition coefficient (Wildman–Crippen LogP) is 3.85. The van der Waals surface area contributed by atoms with Crippen LogP contribution in [0.2, 0.25) is 0 Å². The molecule has 4 heteroatoms. The molecule has 0 saturated carbocycles. The number of nitrogens with one attached hydrogen (secondary N) is 1. The highest BCUT2D eigenvalue weighted by Crippen LogP contribution is 2.11. The van der Waals surface area contributed by atoms with Gasteiger partial charge in [-0.05, 0) is 49.7 Å². The van der Waals surface area contributed by atoms with Gasteiger partial charge in [0.15, 0.2) is 0 Å². The third-order valence-electron chi connectivity index (χ3n) is 3.05. The first-order valence-corrected chi connectivity index (χ1v) is 7.42. The predicted molar refractivity (Wildman–Crippen MR) is 93.3 cm³/mol. The summed E-state index contributed by atoms with van der Waals surface area (Å²) in [5, 5.41) is 3.35. The van der Waals surface area contributed by atoms with Crippen molar-refractivity contribution >= 4 is 12.4 Å². The molecule has 0 heterocycles. The molecule has 22 heavy (non-hydrogen) atoms. The maximum Gasteiger partial charge on any atom is 0.119 e. The van der Waals surface area contributed by atoms with Crippen LogP contribution in [0.3, 0.4) is 0 Å². The van der Waals surface area contributed by atoms with Crippen LogP contribution >= 0.6 is 12.4 Å². The topological polar surface area (TPSA) is 30.5 Å². The summed E-state index contributed by atoms with van der Waals surface area (Å²) in [6.45, 7) is 5.26. The quantitative estimate of drug-likeness (QED) is 0.711. The fourth-order valence-electron chi connectivity index (χ4n) is 1.98. The number of para-hydroxylation sites is 1. The van der Waals surface area contributed by atoms with Gasteiger partial charge in [-0.25, -0.2) is 0 Å². The van der Waals surface area contributed by atoms with Crippen molar-refractivity contribution in [2.75, 3.05) is 26.3 Å². The summed E-state index contributed by atoms with van der Waals surface area (Å²) in [5.41, 5.74) is 1.22. The van der Waals surface area contributed by atoms with Gasteiger partial charge in [-0.2, -0.15) is 0 Å². The largest absolute Gasteiger partial charge is 0.494 e. The number of benzene rings is 2. The molecule has 0 amide bonds. The van der Waals surface area contributed by atoms with Gasteiger partial charge < -0.3 is 14.8 Å². The number of hydrogen-bond donors (Lipinski definition) is 1. The molecule has 0 bridgehead atoms. The summed E-state index contributed by atoms with van der Waals surface area (Å²) in [6.07, 6.45) is 0.985. The average molecular weight is 322 g/mol. The molecule has 0 fully saturated rings. The Balaban J connectivity index is 0.00000242. The minimum absolute atomic E-state index is 0. The van der Waals surface area contributed by atoms with Crippen molar-refractivity contribution in [3.8, 4) is 11.5 Å². The number of aryl methyl sites for hydroxylation is 1. The maximum atomic E-state index is 5.67. The van der Waals surface area contributed by atoms with Gasteiger partial charge in [-0.3, -0.25) is 0 Å². The van der Waals surface area contributed by atoms with E-state index in [0.717, 1.165) is 37.6 Å². The van der Waals surface area contributed by atoms with Gasteiger partial charge in [-0.1, -0.05) is 30.3 Å². The fourth-order valence-corrected chi connectivity index (χ4v) is 1.98. The van der Waals surface area contributed by atoms with Crippen LogP contribution < -0.4 is 14.8 Å². The third kappa shape index (κ3) is 7.34. The lowest BCUT2D eigenvalue weighted by Crippen LogP contribution is -2.23. The zero-order chi connectivity index (χ0) is 14.8. The van der Waals surface area contributed by atoms with E-state index in [1.807, 2.05) is 48.5 Å². The second-order valence-electron chi connectivity index (χ2n) is 4.93. The maximum absolute atomic E-state index is 5.67. The van der Waals surface area contributed by atoms with E-state index >= 15 is 0 Å². The van der Waals surface area contributed by atoms with Crippen LogP contribution in [0.15, 0.2) is 54.6 Å². The molecule has 0 aliphatic heterocycles. The van der Waals surface area contributed by atoms with E-state index in [4.69, 9.17) is 9.47 Å². The molecule has 2 rings (SSSR count). The molecule has 0 aliphatic rings. The van der Waals surface area contributed by atoms with Crippen LogP contribution in [0.4, 0.5) is 0 Å². The number of hydrogen-bond acceptors (Lipinski definition) is 3. The highest BCUT2D eigenvalue weighted by Gasteiger charge is 1.95. The van der Waals surface area contributed by atoms with E-state index in [9.17, 15) is 0 Å². The van der Waals surface area contributed by atoms with E-state index in [1.165, 1.54) is 5.56 Å². The molecule has 1 N–H and O–H groups in total. The molecule has 0 radical (unpaired) electrons. The van der Waals surface area contributed by atoms with Crippen molar-refractivity contribution in [1.82, 2.24) is 5.32 Å². The highest BCUT2D eigenvalue weighted by atomic mass is 35.5. The lowest BCUT2D eigenvalue weighted by molar-refractivity contribution is 0.294. The summed E-state index contributed by atoms with van der Waals surface area (Å²) in [7, 11) is 0. The van der Waals surface area contributed by atoms with Gasteiger partial charge >= 0.3 is 0 Å². The molecule has 0 saturated heterocycles. The Labute approximate surface area is 139 Å². The molecule has 2 aromatic rings. The first-order chi connectivity index (χ1) is 10.3. The van der Waals surface area contributed by atoms with Crippen molar-refractivity contribution in [1.29, 1.82) is 0 Å². The van der Waals surface area contributed by atoms with Gasteiger partial charge in [0.05, 0.1) is 6.61 Å². The minimum atomic E-state index is 0. The molecule has 2 aromatic carbocycles. The summed E-state index contributed by atoms with van der Waals surface area (Å²) in [5.74, 6) is 1.87. The molecule has 0 aliphatic carbocycles. The zero-order valence-corrected chi connectivity index (χ0v) is 13.8. The Morgan fingerprint density at radius 1 is 0.818 bits per heavy atom. The van der Waals surface area contributed by atoms with Gasteiger partial charge in [0.25, 0.3) is 0 Å². The van der Waals surface area contributed by atoms with E-state index in [-0.39, 0.29) is 12.4 Å². The first kappa shape index (κ1) is 18.3. The standard InChI is InChI=1S/C18H23NO2.ClH/c1-16-7-5-10-18(15-16)21-14-12-19-11-6-13-20-17-8-3-2-4-9-17;/h2-5,7-10,15,19H,6,11-14H2,1H3;1H. The Morgan fingerprint density at radius 3 is 2.32 bits per heavy atom. The number of ether oxygens (including phenoxy) is 2. The monoisotopic (exact) mass is 321 g/mol. The van der Waals surface area contributed by atoms with Gasteiger partial charge in [0.2, 0.25) is 0 Å². The molecule has 0 atom stereocenters. The van der Waals surface area contributed by atoms with Crippen molar-refractivity contribution in [3.63, 3.8) is 0 Å². The molecule has 0 aromatic heterocycles. The Morgan fingerprint density at radius 2 is 1.55 bits per heavy atom. The van der Waals surface area contributed by atoms with Crippen LogP contribution in [0.5, 0.6) is 11.5 Å². The van der Waals surface area contributed by atoms with E-state index in [0.29, 0.717) is 6.61 Å². The lowest BCUT2D eigenvalue weighted by Gasteiger charge is -2.09. The van der Waals surface area contributed by atoms with Crippen LogP contribution in [-0.2, 0) is 0 Å². The summed E-state index contributed by atoms with van der Waals surface area (Å²) >= 11 is 0. The normalized spacial score (nSPS) is 9.86. The summed E-state index contributed by atoms with van der Waals surface area (Å²) in [6, 6.07) is 18.0. The Bertz CT molecular complexity index is 520. The van der Waals surface area contributed by atoms with Crippen molar-refractivity contribution < 1.29 is 9.47 Å². The molecule has 3 nitrogen and oxygen atoms in total. The van der Waals surface area contributed by atoms with Crippen LogP contribution in [0.25, 0.3) is 0 Å². The third-order valence-corrected chi connectivity index (χ3v) is 3.05. The SMILES string of the molecule is Cc1cccc(OCCNCCCOc2ccccc2)c1.Cl. The van der Waals surface area contributed by atoms with Crippen molar-refractivity contribution in [2.45, 2.75) is 13.3 Å². The minimum Gasteiger partial charge on any atom is -0.494 e. The zero-order valence-electron chi connectivity index (χ0n) is 13.0. The molecular formula is C18H24ClNO2. The van der Waals surface area contributed by atoms with Crippen LogP contribution in [0.1, 0.15) is 12.0 Å². The van der Waals surface area contributed by atoms with E-state index in [1.54, 1.807) is 0 Å². The van der Waals surface area contributed by atoms with Crippen molar-refractivity contribution in [2.24, 2.45) is 0 Å². The molecular weight excluding hydrogens is 298 g/mol. The Kier molecular flexibility index (Phi) is 9.12. The van der Waals surface area contributed by atoms with Crippen LogP contribution in [0, 0.1) is 6.92 Å². The molecule has 120 valence electrons. The van der Waals surface area contributed by atoms with Crippen LogP contribution in [-0.4, -0.2) is 26.3 Å². The van der Waals surface area contributed by atoms with Crippen molar-refractivity contribution in [3.05, 3.63) is 60.2 Å². The van der Waals surface area contributed by atoms with Gasteiger partial charge in [-0.15, -0.1) is 12.4 Å². The first-order valence-electron chi connectivity index (χ1n) is 7.42. The summed E-state index contributed by atoms with van der Waals surface area (Å²) in [4.78, 5) is 0. The van der Waals surface area contributed by atoms with Gasteiger partial charge in [0.1, 0.15) is 18.1 Å². The van der Waals surface area contributed by atoms with E-state index < -0.39 is 0 Å². The second kappa shape index (κ2) is 10.9.